The van der Waals surface area contributed by atoms with Gasteiger partial charge in [0.05, 0.1) is 12.2 Å². The molecule has 0 fully saturated rings. The highest BCUT2D eigenvalue weighted by Crippen LogP contribution is 2.20. The molecule has 0 radical (unpaired) electrons. The molecule has 2 aromatic rings. The first-order valence-electron chi connectivity index (χ1n) is 5.46. The lowest BCUT2D eigenvalue weighted by atomic mass is 10.3. The molecule has 0 spiro atoms. The lowest BCUT2D eigenvalue weighted by Gasteiger charge is -2.17. The number of aryl methyl sites for hydroxylation is 2. The molecule has 0 atom stereocenters. The fraction of sp³-hybridized carbons (Fsp3) is 0.308. The molecule has 0 aromatic carbocycles. The highest BCUT2D eigenvalue weighted by atomic mass is 79.9. The summed E-state index contributed by atoms with van der Waals surface area (Å²) in [4.78, 5) is 6.58. The highest BCUT2D eigenvalue weighted by molar-refractivity contribution is 9.10. The van der Waals surface area contributed by atoms with E-state index in [1.165, 1.54) is 0 Å². The van der Waals surface area contributed by atoms with E-state index in [9.17, 15) is 0 Å². The molecule has 90 valence electrons. The van der Waals surface area contributed by atoms with Gasteiger partial charge >= 0.3 is 0 Å². The summed E-state index contributed by atoms with van der Waals surface area (Å²) < 4.78 is 6.58. The van der Waals surface area contributed by atoms with Crippen LogP contribution < -0.4 is 4.90 Å². The zero-order chi connectivity index (χ0) is 12.4. The Kier molecular flexibility index (Phi) is 3.52. The summed E-state index contributed by atoms with van der Waals surface area (Å²) in [5, 5.41) is 0. The van der Waals surface area contributed by atoms with Crippen molar-refractivity contribution < 1.29 is 4.42 Å². The minimum atomic E-state index is 0.724. The van der Waals surface area contributed by atoms with Crippen LogP contribution >= 0.6 is 15.9 Å². The van der Waals surface area contributed by atoms with E-state index in [1.54, 1.807) is 0 Å². The van der Waals surface area contributed by atoms with Gasteiger partial charge in [-0.2, -0.15) is 0 Å². The molecule has 4 heteroatoms. The fourth-order valence-corrected chi connectivity index (χ4v) is 1.85. The highest BCUT2D eigenvalue weighted by Gasteiger charge is 2.07. The topological polar surface area (TPSA) is 29.3 Å². The van der Waals surface area contributed by atoms with Crippen LogP contribution in [0.1, 0.15) is 17.2 Å². The Labute approximate surface area is 110 Å². The minimum Gasteiger partial charge on any atom is -0.464 e. The van der Waals surface area contributed by atoms with Crippen LogP contribution in [0.15, 0.2) is 33.2 Å². The van der Waals surface area contributed by atoms with E-state index >= 15 is 0 Å². The van der Waals surface area contributed by atoms with Gasteiger partial charge in [0, 0.05) is 11.5 Å². The van der Waals surface area contributed by atoms with Gasteiger partial charge in [-0.05, 0) is 54.0 Å². The maximum Gasteiger partial charge on any atom is 0.129 e. The van der Waals surface area contributed by atoms with Gasteiger partial charge in [-0.15, -0.1) is 0 Å². The van der Waals surface area contributed by atoms with E-state index in [-0.39, 0.29) is 0 Å². The number of aromatic nitrogens is 1. The van der Waals surface area contributed by atoms with Crippen molar-refractivity contribution in [3.63, 3.8) is 0 Å². The molecule has 17 heavy (non-hydrogen) atoms. The fourth-order valence-electron chi connectivity index (χ4n) is 1.63. The second-order valence-corrected chi connectivity index (χ2v) is 4.96. The number of halogens is 1. The molecule has 0 unspecified atom stereocenters. The average Bonchev–Trinajstić information content (AvgIpc) is 2.68. The van der Waals surface area contributed by atoms with Crippen LogP contribution in [0, 0.1) is 13.8 Å². The molecule has 0 N–H and O–H groups in total. The van der Waals surface area contributed by atoms with Gasteiger partial charge in [-0.25, -0.2) is 4.98 Å². The summed E-state index contributed by atoms with van der Waals surface area (Å²) in [6.45, 7) is 4.66. The maximum absolute atomic E-state index is 5.55. The number of nitrogens with zero attached hydrogens (tertiary/aromatic N) is 2. The van der Waals surface area contributed by atoms with Gasteiger partial charge in [0.15, 0.2) is 0 Å². The van der Waals surface area contributed by atoms with E-state index in [0.29, 0.717) is 0 Å². The molecule has 0 amide bonds. The molecule has 0 bridgehead atoms. The van der Waals surface area contributed by atoms with Crippen LogP contribution in [0.3, 0.4) is 0 Å². The van der Waals surface area contributed by atoms with Gasteiger partial charge in [0.2, 0.25) is 0 Å². The van der Waals surface area contributed by atoms with Crippen molar-refractivity contribution >= 4 is 21.7 Å². The monoisotopic (exact) mass is 294 g/mol. The second-order valence-electron chi connectivity index (χ2n) is 4.11. The number of hydrogen-bond donors (Lipinski definition) is 0. The van der Waals surface area contributed by atoms with Crippen molar-refractivity contribution in [2.24, 2.45) is 0 Å². The summed E-state index contributed by atoms with van der Waals surface area (Å²) in [5.41, 5.74) is 0.991. The van der Waals surface area contributed by atoms with Crippen LogP contribution in [-0.2, 0) is 6.54 Å². The van der Waals surface area contributed by atoms with Crippen molar-refractivity contribution in [1.82, 2.24) is 4.98 Å². The van der Waals surface area contributed by atoms with E-state index < -0.39 is 0 Å². The number of rotatable bonds is 3. The normalized spacial score (nSPS) is 10.6. The zero-order valence-corrected chi connectivity index (χ0v) is 11.8. The number of anilines is 1. The Bertz CT molecular complexity index is 522. The third-order valence-electron chi connectivity index (χ3n) is 2.59. The number of pyridine rings is 1. The first kappa shape index (κ1) is 12.2. The lowest BCUT2D eigenvalue weighted by molar-refractivity contribution is 0.481. The predicted octanol–water partition coefficient (Wildman–Crippen LogP) is 3.69. The van der Waals surface area contributed by atoms with E-state index in [1.807, 2.05) is 45.2 Å². The van der Waals surface area contributed by atoms with Gasteiger partial charge in [0.1, 0.15) is 17.3 Å². The Morgan fingerprint density at radius 1 is 1.24 bits per heavy atom. The van der Waals surface area contributed by atoms with E-state index in [2.05, 4.69) is 25.8 Å². The molecule has 0 saturated carbocycles. The lowest BCUT2D eigenvalue weighted by Crippen LogP contribution is -2.17. The first-order valence-corrected chi connectivity index (χ1v) is 6.25. The van der Waals surface area contributed by atoms with Gasteiger partial charge in [0.25, 0.3) is 0 Å². The molecular weight excluding hydrogens is 280 g/mol. The molecule has 0 aliphatic carbocycles. The second kappa shape index (κ2) is 4.92. The van der Waals surface area contributed by atoms with Crippen molar-refractivity contribution in [3.8, 4) is 0 Å². The molecule has 2 heterocycles. The summed E-state index contributed by atoms with van der Waals surface area (Å²) >= 11 is 3.45. The Morgan fingerprint density at radius 2 is 2.00 bits per heavy atom. The Hall–Kier alpha value is -1.29. The predicted molar refractivity (Wildman–Crippen MR) is 72.2 cm³/mol. The summed E-state index contributed by atoms with van der Waals surface area (Å²) in [5.74, 6) is 2.83. The van der Waals surface area contributed by atoms with Gasteiger partial charge < -0.3 is 9.32 Å². The van der Waals surface area contributed by atoms with Gasteiger partial charge in [-0.3, -0.25) is 0 Å². The van der Waals surface area contributed by atoms with Crippen LogP contribution in [-0.4, -0.2) is 12.0 Å². The quantitative estimate of drug-likeness (QED) is 0.865. The Morgan fingerprint density at radius 3 is 2.59 bits per heavy atom. The smallest absolute Gasteiger partial charge is 0.129 e. The Balaban J connectivity index is 2.14. The molecule has 2 rings (SSSR count). The molecule has 0 aliphatic heterocycles. The van der Waals surface area contributed by atoms with Crippen molar-refractivity contribution in [1.29, 1.82) is 0 Å². The van der Waals surface area contributed by atoms with Gasteiger partial charge in [-0.1, -0.05) is 0 Å². The third-order valence-corrected chi connectivity index (χ3v) is 3.42. The van der Waals surface area contributed by atoms with Crippen LogP contribution in [0.5, 0.6) is 0 Å². The number of hydrogen-bond acceptors (Lipinski definition) is 3. The standard InChI is InChI=1S/C13H15BrN2O/c1-9-4-5-11(17-9)8-16(3)13-7-6-12(14)10(2)15-13/h4-7H,8H2,1-3H3. The van der Waals surface area contributed by atoms with Crippen molar-refractivity contribution in [2.45, 2.75) is 20.4 Å². The first-order chi connectivity index (χ1) is 8.06. The zero-order valence-electron chi connectivity index (χ0n) is 10.2. The molecular formula is C13H15BrN2O. The SMILES string of the molecule is Cc1ccc(CN(C)c2ccc(Br)c(C)n2)o1. The number of furan rings is 1. The summed E-state index contributed by atoms with van der Waals surface area (Å²) in [6, 6.07) is 7.98. The maximum atomic E-state index is 5.55. The molecule has 2 aromatic heterocycles. The minimum absolute atomic E-state index is 0.724. The van der Waals surface area contributed by atoms with Crippen molar-refractivity contribution in [2.75, 3.05) is 11.9 Å². The van der Waals surface area contributed by atoms with E-state index in [4.69, 9.17) is 4.42 Å². The average molecular weight is 295 g/mol. The molecule has 0 saturated heterocycles. The van der Waals surface area contributed by atoms with Crippen molar-refractivity contribution in [3.05, 3.63) is 46.0 Å². The summed E-state index contributed by atoms with van der Waals surface area (Å²) in [6.07, 6.45) is 0. The third kappa shape index (κ3) is 2.88. The van der Waals surface area contributed by atoms with Crippen LogP contribution in [0.4, 0.5) is 5.82 Å². The summed E-state index contributed by atoms with van der Waals surface area (Å²) in [7, 11) is 2.01. The van der Waals surface area contributed by atoms with E-state index in [0.717, 1.165) is 34.0 Å². The largest absolute Gasteiger partial charge is 0.464 e. The molecule has 0 aliphatic rings. The van der Waals surface area contributed by atoms with Crippen LogP contribution in [0.2, 0.25) is 0 Å². The van der Waals surface area contributed by atoms with Crippen LogP contribution in [0.25, 0.3) is 0 Å². The molecule has 3 nitrogen and oxygen atoms in total.